The standard InChI is InChI=1S/C24H20ClFN2O4/c25-19-13-18(11-12-20(19)26)27-22(29)15-32-23(30)14-21(16-7-3-1-4-8-16)28-24(31)17-9-5-2-6-10-17/h1-13,21H,14-15H2,(H,27,29)(H,28,31). The van der Waals surface area contributed by atoms with Crippen LogP contribution in [0.3, 0.4) is 0 Å². The maximum Gasteiger partial charge on any atom is 0.308 e. The zero-order valence-corrected chi connectivity index (χ0v) is 17.6. The lowest BCUT2D eigenvalue weighted by atomic mass is 10.0. The van der Waals surface area contributed by atoms with Gasteiger partial charge in [0.25, 0.3) is 11.8 Å². The van der Waals surface area contributed by atoms with E-state index in [0.717, 1.165) is 11.6 Å². The third-order valence-corrected chi connectivity index (χ3v) is 4.77. The van der Waals surface area contributed by atoms with Crippen molar-refractivity contribution in [1.82, 2.24) is 5.32 Å². The molecule has 32 heavy (non-hydrogen) atoms. The van der Waals surface area contributed by atoms with E-state index in [2.05, 4.69) is 10.6 Å². The van der Waals surface area contributed by atoms with Crippen molar-refractivity contribution < 1.29 is 23.5 Å². The van der Waals surface area contributed by atoms with Crippen molar-refractivity contribution in [3.05, 3.63) is 101 Å². The first-order valence-electron chi connectivity index (χ1n) is 9.74. The Morgan fingerprint density at radius 2 is 1.59 bits per heavy atom. The van der Waals surface area contributed by atoms with Gasteiger partial charge in [-0.2, -0.15) is 0 Å². The van der Waals surface area contributed by atoms with Gasteiger partial charge in [0.05, 0.1) is 17.5 Å². The minimum Gasteiger partial charge on any atom is -0.455 e. The Bertz CT molecular complexity index is 1090. The SMILES string of the molecule is O=C(COC(=O)CC(NC(=O)c1ccccc1)c1ccccc1)Nc1ccc(F)c(Cl)c1. The lowest BCUT2D eigenvalue weighted by molar-refractivity contribution is -0.147. The fourth-order valence-electron chi connectivity index (χ4n) is 2.91. The number of ether oxygens (including phenoxy) is 1. The first-order chi connectivity index (χ1) is 15.4. The normalized spacial score (nSPS) is 11.3. The number of anilines is 1. The van der Waals surface area contributed by atoms with Gasteiger partial charge >= 0.3 is 5.97 Å². The summed E-state index contributed by atoms with van der Waals surface area (Å²) < 4.78 is 18.3. The van der Waals surface area contributed by atoms with E-state index in [1.807, 2.05) is 6.07 Å². The smallest absolute Gasteiger partial charge is 0.308 e. The van der Waals surface area contributed by atoms with E-state index in [1.54, 1.807) is 54.6 Å². The lowest BCUT2D eigenvalue weighted by Crippen LogP contribution is -2.31. The van der Waals surface area contributed by atoms with Crippen molar-refractivity contribution in [2.45, 2.75) is 12.5 Å². The second-order valence-corrected chi connectivity index (χ2v) is 7.25. The van der Waals surface area contributed by atoms with Crippen LogP contribution in [0.5, 0.6) is 0 Å². The molecule has 0 aliphatic carbocycles. The van der Waals surface area contributed by atoms with Crippen molar-refractivity contribution in [2.24, 2.45) is 0 Å². The molecule has 0 aliphatic rings. The van der Waals surface area contributed by atoms with Gasteiger partial charge in [-0.1, -0.05) is 60.1 Å². The fraction of sp³-hybridized carbons (Fsp3) is 0.125. The van der Waals surface area contributed by atoms with Crippen LogP contribution in [0.1, 0.15) is 28.4 Å². The molecular formula is C24H20ClFN2O4. The monoisotopic (exact) mass is 454 g/mol. The van der Waals surface area contributed by atoms with Crippen LogP contribution >= 0.6 is 11.6 Å². The molecule has 1 unspecified atom stereocenters. The number of carbonyl (C=O) groups is 3. The lowest BCUT2D eigenvalue weighted by Gasteiger charge is -2.19. The van der Waals surface area contributed by atoms with E-state index in [0.29, 0.717) is 5.56 Å². The topological polar surface area (TPSA) is 84.5 Å². The number of amides is 2. The Labute approximate surface area is 189 Å². The minimum absolute atomic E-state index is 0.139. The average molecular weight is 455 g/mol. The van der Waals surface area contributed by atoms with Gasteiger partial charge in [-0.3, -0.25) is 14.4 Å². The summed E-state index contributed by atoms with van der Waals surface area (Å²) in [5.41, 5.74) is 1.45. The summed E-state index contributed by atoms with van der Waals surface area (Å²) in [6, 6.07) is 20.7. The largest absolute Gasteiger partial charge is 0.455 e. The molecule has 1 atom stereocenters. The van der Waals surface area contributed by atoms with Crippen molar-refractivity contribution in [1.29, 1.82) is 0 Å². The number of carbonyl (C=O) groups excluding carboxylic acids is 3. The maximum atomic E-state index is 13.2. The van der Waals surface area contributed by atoms with Gasteiger partial charge in [0, 0.05) is 11.3 Å². The van der Waals surface area contributed by atoms with Crippen LogP contribution in [0.2, 0.25) is 5.02 Å². The summed E-state index contributed by atoms with van der Waals surface area (Å²) in [7, 11) is 0. The van der Waals surface area contributed by atoms with E-state index in [9.17, 15) is 18.8 Å². The predicted molar refractivity (Wildman–Crippen MR) is 119 cm³/mol. The number of halogens is 2. The zero-order valence-electron chi connectivity index (χ0n) is 16.9. The third-order valence-electron chi connectivity index (χ3n) is 4.48. The van der Waals surface area contributed by atoms with Crippen LogP contribution in [-0.2, 0) is 14.3 Å². The first kappa shape index (κ1) is 23.0. The van der Waals surface area contributed by atoms with Crippen LogP contribution < -0.4 is 10.6 Å². The Balaban J connectivity index is 1.59. The molecule has 0 radical (unpaired) electrons. The van der Waals surface area contributed by atoms with Crippen molar-refractivity contribution in [3.63, 3.8) is 0 Å². The second-order valence-electron chi connectivity index (χ2n) is 6.84. The van der Waals surface area contributed by atoms with Crippen LogP contribution in [0.15, 0.2) is 78.9 Å². The van der Waals surface area contributed by atoms with Gasteiger partial charge in [-0.05, 0) is 35.9 Å². The van der Waals surface area contributed by atoms with E-state index in [-0.39, 0.29) is 23.0 Å². The number of hydrogen-bond donors (Lipinski definition) is 2. The summed E-state index contributed by atoms with van der Waals surface area (Å²) in [6.07, 6.45) is -0.168. The molecule has 3 rings (SSSR count). The molecule has 0 saturated carbocycles. The molecular weight excluding hydrogens is 435 g/mol. The molecule has 0 fully saturated rings. The molecule has 6 nitrogen and oxygen atoms in total. The summed E-state index contributed by atoms with van der Waals surface area (Å²) in [5.74, 6) is -2.22. The number of hydrogen-bond acceptors (Lipinski definition) is 4. The summed E-state index contributed by atoms with van der Waals surface area (Å²) in [4.78, 5) is 37.0. The summed E-state index contributed by atoms with van der Waals surface area (Å²) in [5, 5.41) is 5.16. The molecule has 2 amide bonds. The molecule has 0 aliphatic heterocycles. The highest BCUT2D eigenvalue weighted by molar-refractivity contribution is 6.31. The molecule has 0 spiro atoms. The van der Waals surface area contributed by atoms with Gasteiger partial charge in [-0.25, -0.2) is 4.39 Å². The molecule has 0 saturated heterocycles. The Kier molecular flexibility index (Phi) is 7.94. The first-order valence-corrected chi connectivity index (χ1v) is 10.1. The number of nitrogens with one attached hydrogen (secondary N) is 2. The highest BCUT2D eigenvalue weighted by Crippen LogP contribution is 2.20. The van der Waals surface area contributed by atoms with Crippen LogP contribution in [-0.4, -0.2) is 24.4 Å². The van der Waals surface area contributed by atoms with Gasteiger partial charge in [0.2, 0.25) is 0 Å². The highest BCUT2D eigenvalue weighted by Gasteiger charge is 2.20. The number of rotatable bonds is 8. The Morgan fingerprint density at radius 1 is 0.938 bits per heavy atom. The fourth-order valence-corrected chi connectivity index (χ4v) is 3.09. The van der Waals surface area contributed by atoms with E-state index in [1.165, 1.54) is 12.1 Å². The van der Waals surface area contributed by atoms with Gasteiger partial charge in [0.15, 0.2) is 6.61 Å². The van der Waals surface area contributed by atoms with Crippen LogP contribution in [0.4, 0.5) is 10.1 Å². The van der Waals surface area contributed by atoms with E-state index in [4.69, 9.17) is 16.3 Å². The van der Waals surface area contributed by atoms with Crippen molar-refractivity contribution in [3.8, 4) is 0 Å². The van der Waals surface area contributed by atoms with Crippen LogP contribution in [0, 0.1) is 5.82 Å². The summed E-state index contributed by atoms with van der Waals surface area (Å²) >= 11 is 5.68. The molecule has 2 N–H and O–H groups in total. The Hall–Kier alpha value is -3.71. The second kappa shape index (κ2) is 11.1. The molecule has 0 heterocycles. The number of benzene rings is 3. The van der Waals surface area contributed by atoms with Crippen molar-refractivity contribution in [2.75, 3.05) is 11.9 Å². The van der Waals surface area contributed by atoms with E-state index >= 15 is 0 Å². The van der Waals surface area contributed by atoms with E-state index < -0.39 is 30.3 Å². The molecule has 0 bridgehead atoms. The zero-order chi connectivity index (χ0) is 22.9. The summed E-state index contributed by atoms with van der Waals surface area (Å²) in [6.45, 7) is -0.540. The van der Waals surface area contributed by atoms with Crippen LogP contribution in [0.25, 0.3) is 0 Å². The minimum atomic E-state index is -0.667. The van der Waals surface area contributed by atoms with Crippen molar-refractivity contribution >= 4 is 35.1 Å². The molecule has 0 aromatic heterocycles. The van der Waals surface area contributed by atoms with Gasteiger partial charge < -0.3 is 15.4 Å². The molecule has 3 aromatic rings. The quantitative estimate of drug-likeness (QED) is 0.490. The molecule has 3 aromatic carbocycles. The molecule has 8 heteroatoms. The number of esters is 1. The Morgan fingerprint density at radius 3 is 2.25 bits per heavy atom. The predicted octanol–water partition coefficient (Wildman–Crippen LogP) is 4.52. The van der Waals surface area contributed by atoms with Gasteiger partial charge in [-0.15, -0.1) is 0 Å². The van der Waals surface area contributed by atoms with Gasteiger partial charge in [0.1, 0.15) is 5.82 Å². The highest BCUT2D eigenvalue weighted by atomic mass is 35.5. The third kappa shape index (κ3) is 6.65. The average Bonchev–Trinajstić information content (AvgIpc) is 2.81. The maximum absolute atomic E-state index is 13.2. The molecule has 164 valence electrons.